The Kier molecular flexibility index (Phi) is 3.12. The van der Waals surface area contributed by atoms with Crippen molar-refractivity contribution in [1.82, 2.24) is 34.6 Å². The fourth-order valence-corrected chi connectivity index (χ4v) is 3.62. The normalized spacial score (nSPS) is 18.2. The first-order valence-corrected chi connectivity index (χ1v) is 8.74. The number of aromatic nitrogens is 7. The van der Waals surface area contributed by atoms with Gasteiger partial charge in [-0.15, -0.1) is 20.4 Å². The molecule has 0 spiro atoms. The Bertz CT molecular complexity index is 955. The number of hydrogen-bond donors (Lipinski definition) is 0. The van der Waals surface area contributed by atoms with E-state index in [1.165, 1.54) is 17.8 Å². The summed E-state index contributed by atoms with van der Waals surface area (Å²) in [5.41, 5.74) is 0.0546. The van der Waals surface area contributed by atoms with Gasteiger partial charge in [-0.1, -0.05) is 0 Å². The summed E-state index contributed by atoms with van der Waals surface area (Å²) in [6, 6.07) is 3.49. The molecule has 0 aromatic carbocycles. The second-order valence-corrected chi connectivity index (χ2v) is 7.27. The fraction of sp³-hybridized carbons (Fsp3) is 0.500. The highest BCUT2D eigenvalue weighted by Gasteiger charge is 2.38. The minimum Gasteiger partial charge on any atom is -0.302 e. The number of hydrogen-bond acceptors (Lipinski definition) is 6. The lowest BCUT2D eigenvalue weighted by molar-refractivity contribution is -0.146. The van der Waals surface area contributed by atoms with Crippen LogP contribution in [0.4, 0.5) is 13.2 Å². The summed E-state index contributed by atoms with van der Waals surface area (Å²) in [7, 11) is 0. The van der Waals surface area contributed by atoms with Crippen LogP contribution in [0, 0.1) is 0 Å². The van der Waals surface area contributed by atoms with Gasteiger partial charge in [-0.3, -0.25) is 0 Å². The van der Waals surface area contributed by atoms with Gasteiger partial charge in [0.05, 0.1) is 0 Å². The predicted octanol–water partition coefficient (Wildman–Crippen LogP) is 3.10. The molecule has 3 heterocycles. The van der Waals surface area contributed by atoms with Crippen LogP contribution in [0.3, 0.4) is 0 Å². The van der Waals surface area contributed by atoms with E-state index >= 15 is 0 Å². The van der Waals surface area contributed by atoms with Gasteiger partial charge in [0.1, 0.15) is 10.9 Å². The van der Waals surface area contributed by atoms with E-state index in [1.807, 2.05) is 0 Å². The molecule has 2 aliphatic carbocycles. The average molecular weight is 367 g/mol. The van der Waals surface area contributed by atoms with Crippen molar-refractivity contribution in [3.05, 3.63) is 23.8 Å². The number of fused-ring (bicyclic) bond motifs is 1. The van der Waals surface area contributed by atoms with Gasteiger partial charge in [-0.25, -0.2) is 0 Å². The third kappa shape index (κ3) is 2.66. The molecule has 25 heavy (non-hydrogen) atoms. The smallest absolute Gasteiger partial charge is 0.302 e. The lowest BCUT2D eigenvalue weighted by atomic mass is 10.4. The van der Waals surface area contributed by atoms with Crippen LogP contribution in [-0.2, 0) is 6.18 Å². The Morgan fingerprint density at radius 3 is 2.48 bits per heavy atom. The summed E-state index contributed by atoms with van der Waals surface area (Å²) in [5.74, 6) is 0.325. The molecule has 3 aromatic heterocycles. The zero-order chi connectivity index (χ0) is 17.2. The van der Waals surface area contributed by atoms with Gasteiger partial charge in [0.25, 0.3) is 5.82 Å². The molecule has 7 nitrogen and oxygen atoms in total. The van der Waals surface area contributed by atoms with Crippen LogP contribution < -0.4 is 0 Å². The van der Waals surface area contributed by atoms with E-state index < -0.39 is 12.0 Å². The molecule has 0 N–H and O–H groups in total. The van der Waals surface area contributed by atoms with Gasteiger partial charge in [0.15, 0.2) is 10.8 Å². The largest absolute Gasteiger partial charge is 0.453 e. The van der Waals surface area contributed by atoms with Crippen LogP contribution in [0.1, 0.15) is 49.3 Å². The maximum atomic E-state index is 13.0. The highest BCUT2D eigenvalue weighted by atomic mass is 32.2. The van der Waals surface area contributed by atoms with Crippen molar-refractivity contribution in [3.63, 3.8) is 0 Å². The molecule has 0 atom stereocenters. The number of halogens is 3. The second kappa shape index (κ2) is 5.16. The molecule has 2 fully saturated rings. The van der Waals surface area contributed by atoms with Crippen LogP contribution in [0.2, 0.25) is 0 Å². The maximum Gasteiger partial charge on any atom is 0.453 e. The van der Waals surface area contributed by atoms with E-state index in [0.29, 0.717) is 22.1 Å². The van der Waals surface area contributed by atoms with Crippen LogP contribution in [-0.4, -0.2) is 34.6 Å². The van der Waals surface area contributed by atoms with Gasteiger partial charge < -0.3 is 4.57 Å². The third-order valence-electron chi connectivity index (χ3n) is 4.23. The summed E-state index contributed by atoms with van der Waals surface area (Å²) in [6.45, 7) is 0. The van der Waals surface area contributed by atoms with Gasteiger partial charge in [-0.2, -0.15) is 22.8 Å². The summed E-state index contributed by atoms with van der Waals surface area (Å²) in [5, 5.41) is 20.4. The van der Waals surface area contributed by atoms with Crippen LogP contribution >= 0.6 is 11.8 Å². The van der Waals surface area contributed by atoms with Crippen molar-refractivity contribution in [3.8, 4) is 0 Å². The zero-order valence-corrected chi connectivity index (χ0v) is 13.6. The molecule has 0 radical (unpaired) electrons. The number of alkyl halides is 3. The lowest BCUT2D eigenvalue weighted by Crippen LogP contribution is -2.12. The molecule has 0 bridgehead atoms. The van der Waals surface area contributed by atoms with E-state index in [0.717, 1.165) is 36.0 Å². The number of rotatable bonds is 4. The Morgan fingerprint density at radius 2 is 1.80 bits per heavy atom. The van der Waals surface area contributed by atoms with Gasteiger partial charge >= 0.3 is 6.18 Å². The van der Waals surface area contributed by atoms with Crippen LogP contribution in [0.15, 0.2) is 22.3 Å². The zero-order valence-electron chi connectivity index (χ0n) is 12.8. The Labute approximate surface area is 143 Å². The standard InChI is InChI=1S/C14H12F3N7S/c15-14(16,17)12-20-18-9-5-6-10(22-24(9)12)25-13-21-19-11(7-1-2-7)23(13)8-3-4-8/h5-8H,1-4H2. The van der Waals surface area contributed by atoms with E-state index in [1.54, 1.807) is 6.07 Å². The Hall–Kier alpha value is -2.17. The Morgan fingerprint density at radius 1 is 1.00 bits per heavy atom. The van der Waals surface area contributed by atoms with E-state index in [-0.39, 0.29) is 5.65 Å². The first kappa shape index (κ1) is 15.1. The summed E-state index contributed by atoms with van der Waals surface area (Å²) in [4.78, 5) is 0. The topological polar surface area (TPSA) is 73.8 Å². The second-order valence-electron chi connectivity index (χ2n) is 6.28. The molecule has 0 amide bonds. The van der Waals surface area contributed by atoms with Gasteiger partial charge in [0.2, 0.25) is 0 Å². The molecule has 2 saturated carbocycles. The van der Waals surface area contributed by atoms with Crippen molar-refractivity contribution in [2.45, 2.75) is 54.0 Å². The first-order valence-electron chi connectivity index (χ1n) is 7.93. The van der Waals surface area contributed by atoms with Crippen molar-refractivity contribution in [1.29, 1.82) is 0 Å². The van der Waals surface area contributed by atoms with E-state index in [2.05, 4.69) is 30.1 Å². The molecular weight excluding hydrogens is 355 g/mol. The van der Waals surface area contributed by atoms with E-state index in [4.69, 9.17) is 0 Å². The first-order chi connectivity index (χ1) is 12.0. The molecule has 3 aromatic rings. The minimum absolute atomic E-state index is 0.0546. The number of nitrogens with zero attached hydrogens (tertiary/aromatic N) is 7. The van der Waals surface area contributed by atoms with E-state index in [9.17, 15) is 13.2 Å². The highest BCUT2D eigenvalue weighted by molar-refractivity contribution is 7.99. The maximum absolute atomic E-state index is 13.0. The lowest BCUT2D eigenvalue weighted by Gasteiger charge is -2.08. The molecule has 2 aliphatic rings. The van der Waals surface area contributed by atoms with Crippen LogP contribution in [0.25, 0.3) is 5.65 Å². The monoisotopic (exact) mass is 367 g/mol. The predicted molar refractivity (Wildman–Crippen MR) is 80.2 cm³/mol. The minimum atomic E-state index is -4.61. The molecule has 5 rings (SSSR count). The summed E-state index contributed by atoms with van der Waals surface area (Å²) >= 11 is 1.22. The molecule has 130 valence electrons. The molecule has 0 unspecified atom stereocenters. The average Bonchev–Trinajstić information content (AvgIpc) is 3.48. The quantitative estimate of drug-likeness (QED) is 0.705. The van der Waals surface area contributed by atoms with Gasteiger partial charge in [0, 0.05) is 12.0 Å². The van der Waals surface area contributed by atoms with Crippen molar-refractivity contribution >= 4 is 17.4 Å². The van der Waals surface area contributed by atoms with Crippen molar-refractivity contribution in [2.24, 2.45) is 0 Å². The molecule has 0 aliphatic heterocycles. The summed E-state index contributed by atoms with van der Waals surface area (Å²) in [6.07, 6.45) is -0.198. The van der Waals surface area contributed by atoms with Crippen molar-refractivity contribution < 1.29 is 13.2 Å². The summed E-state index contributed by atoms with van der Waals surface area (Å²) < 4.78 is 41.8. The Balaban J connectivity index is 1.52. The molecule has 11 heteroatoms. The van der Waals surface area contributed by atoms with Crippen LogP contribution in [0.5, 0.6) is 0 Å². The fourth-order valence-electron chi connectivity index (χ4n) is 2.75. The van der Waals surface area contributed by atoms with Crippen molar-refractivity contribution in [2.75, 3.05) is 0 Å². The SMILES string of the molecule is FC(F)(F)c1nnc2ccc(Sc3nnc(C4CC4)n3C3CC3)nn12. The van der Waals surface area contributed by atoms with Gasteiger partial charge in [-0.05, 0) is 49.6 Å². The highest BCUT2D eigenvalue weighted by Crippen LogP contribution is 2.46. The third-order valence-corrected chi connectivity index (χ3v) is 5.12. The molecular formula is C14H12F3N7S. The molecule has 0 saturated heterocycles.